The van der Waals surface area contributed by atoms with Crippen LogP contribution in [0.1, 0.15) is 11.3 Å². The highest BCUT2D eigenvalue weighted by molar-refractivity contribution is 7.91. The smallest absolute Gasteiger partial charge is 0.246 e. The molecule has 3 rings (SSSR count). The molecule has 6 heteroatoms. The highest BCUT2D eigenvalue weighted by Crippen LogP contribution is 2.31. The summed E-state index contributed by atoms with van der Waals surface area (Å²) >= 11 is 1.46. The standard InChI is InChI=1S/C15H13NO3S2/c1-10-5-7-12(8-6-10)21(17,18)15-11(2)16-14(19-15)13-4-3-9-20-13/h3-9H,1-2H3. The van der Waals surface area contributed by atoms with Crippen LogP contribution < -0.4 is 0 Å². The minimum absolute atomic E-state index is 0.0882. The van der Waals surface area contributed by atoms with Crippen LogP contribution >= 0.6 is 11.3 Å². The highest BCUT2D eigenvalue weighted by atomic mass is 32.2. The van der Waals surface area contributed by atoms with Crippen molar-refractivity contribution in [1.82, 2.24) is 4.98 Å². The largest absolute Gasteiger partial charge is 0.423 e. The van der Waals surface area contributed by atoms with E-state index in [-0.39, 0.29) is 9.99 Å². The Morgan fingerprint density at radius 1 is 1.10 bits per heavy atom. The molecule has 21 heavy (non-hydrogen) atoms. The Kier molecular flexibility index (Phi) is 3.43. The van der Waals surface area contributed by atoms with Crippen LogP contribution in [0.2, 0.25) is 0 Å². The van der Waals surface area contributed by atoms with Crippen LogP contribution in [0.3, 0.4) is 0 Å². The Balaban J connectivity index is 2.09. The predicted molar refractivity (Wildman–Crippen MR) is 81.2 cm³/mol. The van der Waals surface area contributed by atoms with Crippen molar-refractivity contribution in [3.8, 4) is 10.8 Å². The molecule has 0 atom stereocenters. The minimum Gasteiger partial charge on any atom is -0.423 e. The Morgan fingerprint density at radius 2 is 1.81 bits per heavy atom. The first-order chi connectivity index (χ1) is 9.98. The van der Waals surface area contributed by atoms with E-state index in [1.165, 1.54) is 11.3 Å². The summed E-state index contributed by atoms with van der Waals surface area (Å²) in [6.07, 6.45) is 0. The molecule has 0 N–H and O–H groups in total. The summed E-state index contributed by atoms with van der Waals surface area (Å²) in [5, 5.41) is 1.80. The number of hydrogen-bond donors (Lipinski definition) is 0. The first-order valence-electron chi connectivity index (χ1n) is 6.31. The van der Waals surface area contributed by atoms with Gasteiger partial charge in [0.25, 0.3) is 0 Å². The maximum absolute atomic E-state index is 12.6. The van der Waals surface area contributed by atoms with Gasteiger partial charge >= 0.3 is 0 Å². The van der Waals surface area contributed by atoms with Gasteiger partial charge in [0.2, 0.25) is 20.8 Å². The predicted octanol–water partition coefficient (Wildman–Crippen LogP) is 3.85. The summed E-state index contributed by atoms with van der Waals surface area (Å²) in [5.41, 5.74) is 1.38. The third kappa shape index (κ3) is 2.52. The number of sulfone groups is 1. The molecule has 2 aromatic heterocycles. The Bertz CT molecular complexity index is 860. The fourth-order valence-corrected chi connectivity index (χ4v) is 3.94. The molecule has 108 valence electrons. The van der Waals surface area contributed by atoms with Crippen LogP contribution in [0.15, 0.2) is 56.2 Å². The first kappa shape index (κ1) is 14.0. The second-order valence-corrected chi connectivity index (χ2v) is 7.48. The topological polar surface area (TPSA) is 60.2 Å². The van der Waals surface area contributed by atoms with Crippen LogP contribution in [0.5, 0.6) is 0 Å². The summed E-state index contributed by atoms with van der Waals surface area (Å²) in [6.45, 7) is 3.55. The number of nitrogens with zero attached hydrogens (tertiary/aromatic N) is 1. The van der Waals surface area contributed by atoms with Crippen LogP contribution in [0, 0.1) is 13.8 Å². The zero-order valence-corrected chi connectivity index (χ0v) is 13.2. The van der Waals surface area contributed by atoms with E-state index >= 15 is 0 Å². The maximum atomic E-state index is 12.6. The molecule has 0 amide bonds. The van der Waals surface area contributed by atoms with E-state index in [1.807, 2.05) is 24.4 Å². The number of aryl methyl sites for hydroxylation is 2. The molecular weight excluding hydrogens is 306 g/mol. The fraction of sp³-hybridized carbons (Fsp3) is 0.133. The van der Waals surface area contributed by atoms with E-state index in [9.17, 15) is 8.42 Å². The van der Waals surface area contributed by atoms with Gasteiger partial charge in [0, 0.05) is 0 Å². The Labute approximate surface area is 127 Å². The first-order valence-corrected chi connectivity index (χ1v) is 8.68. The van der Waals surface area contributed by atoms with Gasteiger partial charge in [-0.3, -0.25) is 0 Å². The van der Waals surface area contributed by atoms with E-state index in [1.54, 1.807) is 31.2 Å². The van der Waals surface area contributed by atoms with Gasteiger partial charge < -0.3 is 4.42 Å². The molecule has 1 aromatic carbocycles. The average Bonchev–Trinajstić information content (AvgIpc) is 3.08. The second kappa shape index (κ2) is 5.13. The lowest BCUT2D eigenvalue weighted by Gasteiger charge is -2.02. The number of rotatable bonds is 3. The van der Waals surface area contributed by atoms with Crippen molar-refractivity contribution in [2.24, 2.45) is 0 Å². The molecule has 0 bridgehead atoms. The van der Waals surface area contributed by atoms with E-state index < -0.39 is 9.84 Å². The molecule has 0 saturated heterocycles. The summed E-state index contributed by atoms with van der Waals surface area (Å²) in [4.78, 5) is 5.25. The third-order valence-corrected chi connectivity index (χ3v) is 5.68. The SMILES string of the molecule is Cc1ccc(S(=O)(=O)c2oc(-c3cccs3)nc2C)cc1. The minimum atomic E-state index is -3.68. The van der Waals surface area contributed by atoms with Crippen molar-refractivity contribution in [2.75, 3.05) is 0 Å². The molecule has 0 fully saturated rings. The molecule has 0 radical (unpaired) electrons. The molecule has 0 saturated carbocycles. The van der Waals surface area contributed by atoms with E-state index in [0.29, 0.717) is 11.6 Å². The molecule has 0 aliphatic heterocycles. The van der Waals surface area contributed by atoms with Gasteiger partial charge in [-0.25, -0.2) is 13.4 Å². The van der Waals surface area contributed by atoms with Crippen LogP contribution in [-0.2, 0) is 9.84 Å². The number of hydrogen-bond acceptors (Lipinski definition) is 5. The molecule has 0 unspecified atom stereocenters. The van der Waals surface area contributed by atoms with Crippen molar-refractivity contribution in [1.29, 1.82) is 0 Å². The van der Waals surface area contributed by atoms with Gasteiger partial charge in [0.1, 0.15) is 0 Å². The Morgan fingerprint density at radius 3 is 2.43 bits per heavy atom. The lowest BCUT2D eigenvalue weighted by molar-refractivity contribution is 0.456. The average molecular weight is 319 g/mol. The van der Waals surface area contributed by atoms with Crippen LogP contribution in [0.25, 0.3) is 10.8 Å². The number of oxazole rings is 1. The van der Waals surface area contributed by atoms with E-state index in [2.05, 4.69) is 4.98 Å². The monoisotopic (exact) mass is 319 g/mol. The van der Waals surface area contributed by atoms with Gasteiger partial charge in [0.05, 0.1) is 15.5 Å². The van der Waals surface area contributed by atoms with Crippen molar-refractivity contribution in [3.05, 3.63) is 53.0 Å². The van der Waals surface area contributed by atoms with Gasteiger partial charge in [-0.15, -0.1) is 11.3 Å². The fourth-order valence-electron chi connectivity index (χ4n) is 1.96. The summed E-state index contributed by atoms with van der Waals surface area (Å²) in [7, 11) is -3.68. The van der Waals surface area contributed by atoms with Gasteiger partial charge in [0.15, 0.2) is 0 Å². The van der Waals surface area contributed by atoms with Crippen LogP contribution in [0.4, 0.5) is 0 Å². The van der Waals surface area contributed by atoms with Crippen molar-refractivity contribution in [2.45, 2.75) is 23.8 Å². The highest BCUT2D eigenvalue weighted by Gasteiger charge is 2.26. The number of thiophene rings is 1. The zero-order chi connectivity index (χ0) is 15.0. The van der Waals surface area contributed by atoms with Crippen molar-refractivity contribution in [3.63, 3.8) is 0 Å². The second-order valence-electron chi connectivity index (χ2n) is 4.69. The molecule has 4 nitrogen and oxygen atoms in total. The molecular formula is C15H13NO3S2. The summed E-state index contributed by atoms with van der Waals surface area (Å²) in [5.74, 6) is 0.341. The van der Waals surface area contributed by atoms with E-state index in [4.69, 9.17) is 4.42 Å². The van der Waals surface area contributed by atoms with Gasteiger partial charge in [-0.05, 0) is 37.4 Å². The summed E-state index contributed by atoms with van der Waals surface area (Å²) < 4.78 is 30.8. The lowest BCUT2D eigenvalue weighted by atomic mass is 10.2. The number of aromatic nitrogens is 1. The molecule has 0 spiro atoms. The van der Waals surface area contributed by atoms with E-state index in [0.717, 1.165) is 10.4 Å². The Hall–Kier alpha value is -1.92. The zero-order valence-electron chi connectivity index (χ0n) is 11.5. The molecule has 0 aliphatic carbocycles. The maximum Gasteiger partial charge on any atom is 0.246 e. The third-order valence-electron chi connectivity index (χ3n) is 3.06. The summed E-state index contributed by atoms with van der Waals surface area (Å²) in [6, 6.07) is 10.4. The van der Waals surface area contributed by atoms with Gasteiger partial charge in [-0.1, -0.05) is 23.8 Å². The van der Waals surface area contributed by atoms with Crippen LogP contribution in [-0.4, -0.2) is 13.4 Å². The van der Waals surface area contributed by atoms with Crippen molar-refractivity contribution < 1.29 is 12.8 Å². The quantitative estimate of drug-likeness (QED) is 0.735. The number of benzene rings is 1. The molecule has 0 aliphatic rings. The van der Waals surface area contributed by atoms with Crippen molar-refractivity contribution >= 4 is 21.2 Å². The normalized spacial score (nSPS) is 11.7. The lowest BCUT2D eigenvalue weighted by Crippen LogP contribution is -2.02. The molecule has 3 aromatic rings. The molecule has 2 heterocycles. The van der Waals surface area contributed by atoms with Gasteiger partial charge in [-0.2, -0.15) is 0 Å².